The molecule has 0 radical (unpaired) electrons. The molecule has 7 nitrogen and oxygen atoms in total. The Balaban J connectivity index is 0.000000454. The summed E-state index contributed by atoms with van der Waals surface area (Å²) in [5.41, 5.74) is 1.36. The molecular weight excluding hydrogens is 475 g/mol. The van der Waals surface area contributed by atoms with E-state index in [0.717, 1.165) is 28.6 Å². The minimum atomic E-state index is -4.93. The second-order valence-corrected chi connectivity index (χ2v) is 7.97. The first kappa shape index (κ1) is 26.8. The van der Waals surface area contributed by atoms with Crippen LogP contribution in [0, 0.1) is 0 Å². The summed E-state index contributed by atoms with van der Waals surface area (Å²) in [6.45, 7) is 10.1. The maximum atomic E-state index is 12.5. The predicted molar refractivity (Wildman–Crippen MR) is 132 cm³/mol. The SMILES string of the molecule is CCN(CC)CC.O=C(O)c1c(O)c(Cc2c[nH]c3ccccc23)nc2ccc(OC(F)(F)F)cc12. The van der Waals surface area contributed by atoms with E-state index < -0.39 is 29.4 Å². The van der Waals surface area contributed by atoms with E-state index in [2.05, 4.69) is 40.4 Å². The summed E-state index contributed by atoms with van der Waals surface area (Å²) in [5.74, 6) is -2.68. The molecule has 4 aromatic rings. The number of benzene rings is 2. The molecule has 0 amide bonds. The molecule has 10 heteroatoms. The number of carboxylic acids is 1. The average molecular weight is 504 g/mol. The third kappa shape index (κ3) is 6.25. The summed E-state index contributed by atoms with van der Waals surface area (Å²) >= 11 is 0. The highest BCUT2D eigenvalue weighted by Crippen LogP contribution is 2.34. The summed E-state index contributed by atoms with van der Waals surface area (Å²) < 4.78 is 41.3. The van der Waals surface area contributed by atoms with Crippen molar-refractivity contribution in [3.8, 4) is 11.5 Å². The number of carboxylic acid groups (broad SMARTS) is 1. The van der Waals surface area contributed by atoms with Crippen LogP contribution < -0.4 is 4.74 Å². The fourth-order valence-corrected chi connectivity index (χ4v) is 3.95. The van der Waals surface area contributed by atoms with E-state index in [1.807, 2.05) is 24.3 Å². The third-order valence-electron chi connectivity index (χ3n) is 5.82. The van der Waals surface area contributed by atoms with Crippen LogP contribution in [0.25, 0.3) is 21.8 Å². The number of nitrogens with one attached hydrogen (secondary N) is 1. The van der Waals surface area contributed by atoms with E-state index in [1.165, 1.54) is 25.7 Å². The number of H-pyrrole nitrogens is 1. The number of hydrogen-bond acceptors (Lipinski definition) is 5. The molecule has 0 unspecified atom stereocenters. The fourth-order valence-electron chi connectivity index (χ4n) is 3.95. The number of carbonyl (C=O) groups is 1. The maximum absolute atomic E-state index is 12.5. The topological polar surface area (TPSA) is 98.7 Å². The number of ether oxygens (including phenoxy) is 1. The predicted octanol–water partition coefficient (Wildman–Crippen LogP) is 5.96. The number of halogens is 3. The van der Waals surface area contributed by atoms with Gasteiger partial charge in [0, 0.05) is 28.9 Å². The summed E-state index contributed by atoms with van der Waals surface area (Å²) in [5, 5.41) is 20.8. The molecule has 0 atom stereocenters. The second-order valence-electron chi connectivity index (χ2n) is 7.97. The molecule has 0 aliphatic heterocycles. The molecule has 0 saturated carbocycles. The lowest BCUT2D eigenvalue weighted by Gasteiger charge is -2.13. The van der Waals surface area contributed by atoms with Gasteiger partial charge in [0.05, 0.1) is 11.2 Å². The Kier molecular flexibility index (Phi) is 8.41. The lowest BCUT2D eigenvalue weighted by molar-refractivity contribution is -0.274. The van der Waals surface area contributed by atoms with Gasteiger partial charge in [-0.1, -0.05) is 39.0 Å². The third-order valence-corrected chi connectivity index (χ3v) is 5.82. The molecule has 0 aliphatic rings. The monoisotopic (exact) mass is 503 g/mol. The van der Waals surface area contributed by atoms with Crippen molar-refractivity contribution in [2.24, 2.45) is 0 Å². The van der Waals surface area contributed by atoms with Gasteiger partial charge in [-0.25, -0.2) is 9.78 Å². The Morgan fingerprint density at radius 1 is 1.06 bits per heavy atom. The Bertz CT molecular complexity index is 1340. The summed E-state index contributed by atoms with van der Waals surface area (Å²) in [6.07, 6.45) is -3.06. The van der Waals surface area contributed by atoms with Crippen LogP contribution in [0.15, 0.2) is 48.7 Å². The smallest absolute Gasteiger partial charge is 0.505 e. The van der Waals surface area contributed by atoms with Crippen LogP contribution in [-0.2, 0) is 6.42 Å². The first-order valence-corrected chi connectivity index (χ1v) is 11.5. The zero-order valence-electron chi connectivity index (χ0n) is 20.2. The number of para-hydroxylation sites is 1. The van der Waals surface area contributed by atoms with Crippen molar-refractivity contribution in [2.45, 2.75) is 33.6 Å². The van der Waals surface area contributed by atoms with Gasteiger partial charge in [0.2, 0.25) is 0 Å². The van der Waals surface area contributed by atoms with Gasteiger partial charge in [0.15, 0.2) is 5.75 Å². The molecule has 0 spiro atoms. The van der Waals surface area contributed by atoms with E-state index in [1.54, 1.807) is 6.20 Å². The Morgan fingerprint density at radius 2 is 1.72 bits per heavy atom. The van der Waals surface area contributed by atoms with Crippen molar-refractivity contribution in [1.82, 2.24) is 14.9 Å². The lowest BCUT2D eigenvalue weighted by Crippen LogP contribution is -2.21. The number of aromatic amines is 1. The minimum Gasteiger partial charge on any atom is -0.505 e. The van der Waals surface area contributed by atoms with Crippen molar-refractivity contribution in [1.29, 1.82) is 0 Å². The number of aromatic hydroxyl groups is 1. The highest BCUT2D eigenvalue weighted by Gasteiger charge is 2.31. The van der Waals surface area contributed by atoms with Crippen molar-refractivity contribution >= 4 is 27.8 Å². The van der Waals surface area contributed by atoms with Gasteiger partial charge in [0.25, 0.3) is 0 Å². The number of alkyl halides is 3. The number of fused-ring (bicyclic) bond motifs is 2. The molecule has 2 aromatic carbocycles. The standard InChI is InChI=1S/C20H13F3N2O4.C6H15N/c21-20(22,23)29-11-5-6-15-13(8-11)17(19(27)28)18(26)16(25-15)7-10-9-24-14-4-2-1-3-12(10)14;1-4-7(5-2)6-3/h1-6,8-9,24,26H,7H2,(H,27,28);4-6H2,1-3H3. The molecule has 4 rings (SSSR count). The van der Waals surface area contributed by atoms with Crippen LogP contribution in [0.1, 0.15) is 42.4 Å². The zero-order valence-corrected chi connectivity index (χ0v) is 20.2. The second kappa shape index (κ2) is 11.3. The molecule has 0 fully saturated rings. The average Bonchev–Trinajstić information content (AvgIpc) is 3.23. The van der Waals surface area contributed by atoms with Gasteiger partial charge in [-0.3, -0.25) is 0 Å². The quantitative estimate of drug-likeness (QED) is 0.288. The number of aromatic carboxylic acids is 1. The van der Waals surface area contributed by atoms with E-state index in [0.29, 0.717) is 0 Å². The zero-order chi connectivity index (χ0) is 26.5. The van der Waals surface area contributed by atoms with Crippen molar-refractivity contribution in [2.75, 3.05) is 19.6 Å². The number of aromatic nitrogens is 2. The van der Waals surface area contributed by atoms with Gasteiger partial charge >= 0.3 is 12.3 Å². The first-order chi connectivity index (χ1) is 17.1. The van der Waals surface area contributed by atoms with Crippen molar-refractivity contribution in [3.05, 3.63) is 65.5 Å². The molecule has 192 valence electrons. The molecule has 0 aliphatic carbocycles. The van der Waals surface area contributed by atoms with Gasteiger partial charge in [-0.2, -0.15) is 0 Å². The molecule has 2 aromatic heterocycles. The Hall–Kier alpha value is -3.79. The number of nitrogens with zero attached hydrogens (tertiary/aromatic N) is 2. The van der Waals surface area contributed by atoms with E-state index >= 15 is 0 Å². The Morgan fingerprint density at radius 3 is 2.31 bits per heavy atom. The Labute approximate surface area is 206 Å². The summed E-state index contributed by atoms with van der Waals surface area (Å²) in [4.78, 5) is 21.5. The van der Waals surface area contributed by atoms with Gasteiger partial charge in [-0.05, 0) is 49.5 Å². The molecule has 0 saturated heterocycles. The van der Waals surface area contributed by atoms with Gasteiger partial charge < -0.3 is 24.8 Å². The van der Waals surface area contributed by atoms with Gasteiger partial charge in [0.1, 0.15) is 11.3 Å². The maximum Gasteiger partial charge on any atom is 0.573 e. The van der Waals surface area contributed by atoms with Gasteiger partial charge in [-0.15, -0.1) is 13.2 Å². The van der Waals surface area contributed by atoms with Crippen molar-refractivity contribution in [3.63, 3.8) is 0 Å². The van der Waals surface area contributed by atoms with Crippen LogP contribution in [0.2, 0.25) is 0 Å². The van der Waals surface area contributed by atoms with Crippen LogP contribution >= 0.6 is 0 Å². The summed E-state index contributed by atoms with van der Waals surface area (Å²) in [7, 11) is 0. The van der Waals surface area contributed by atoms with E-state index in [-0.39, 0.29) is 23.0 Å². The highest BCUT2D eigenvalue weighted by atomic mass is 19.4. The van der Waals surface area contributed by atoms with Crippen molar-refractivity contribution < 1.29 is 32.9 Å². The fraction of sp³-hybridized carbons (Fsp3) is 0.308. The van der Waals surface area contributed by atoms with Crippen LogP contribution in [0.4, 0.5) is 13.2 Å². The number of rotatable bonds is 7. The molecule has 2 heterocycles. The van der Waals surface area contributed by atoms with Crippen LogP contribution in [0.5, 0.6) is 11.5 Å². The molecule has 0 bridgehead atoms. The largest absolute Gasteiger partial charge is 0.573 e. The normalized spacial score (nSPS) is 11.5. The highest BCUT2D eigenvalue weighted by molar-refractivity contribution is 6.05. The molecule has 3 N–H and O–H groups in total. The minimum absolute atomic E-state index is 0.101. The number of hydrogen-bond donors (Lipinski definition) is 3. The van der Waals surface area contributed by atoms with E-state index in [4.69, 9.17) is 0 Å². The summed E-state index contributed by atoms with van der Waals surface area (Å²) in [6, 6.07) is 10.6. The van der Waals surface area contributed by atoms with Crippen LogP contribution in [0.3, 0.4) is 0 Å². The first-order valence-electron chi connectivity index (χ1n) is 11.5. The number of pyridine rings is 1. The molecular formula is C26H28F3N3O4. The lowest BCUT2D eigenvalue weighted by atomic mass is 10.0. The van der Waals surface area contributed by atoms with Crippen LogP contribution in [-0.4, -0.2) is 57.0 Å². The molecule has 36 heavy (non-hydrogen) atoms. The van der Waals surface area contributed by atoms with E-state index in [9.17, 15) is 28.2 Å².